The molecule has 2 aromatic rings. The van der Waals surface area contributed by atoms with Crippen LogP contribution in [0.1, 0.15) is 64.1 Å². The van der Waals surface area contributed by atoms with Gasteiger partial charge in [0.2, 0.25) is 5.91 Å². The maximum atomic E-state index is 13.6. The Bertz CT molecular complexity index is 2070. The molecule has 0 aliphatic carbocycles. The first-order valence-corrected chi connectivity index (χ1v) is 31.6. The number of urea groups is 1. The van der Waals surface area contributed by atoms with Crippen LogP contribution in [0.5, 0.6) is 0 Å². The average Bonchev–Trinajstić information content (AvgIpc) is 4.05. The Morgan fingerprint density at radius 3 is 1.58 bits per heavy atom. The number of methoxy groups -OCH3 is 1. The van der Waals surface area contributed by atoms with Crippen LogP contribution in [0.15, 0.2) is 30.5 Å². The fraction of sp³-hybridized carbons (Fsp3) is 0.750. The predicted octanol–water partition coefficient (Wildman–Crippen LogP) is 2.68. The van der Waals surface area contributed by atoms with Gasteiger partial charge in [0.25, 0.3) is 0 Å². The molecule has 2 atom stereocenters. The summed E-state index contributed by atoms with van der Waals surface area (Å²) in [6, 6.07) is 5.13. The molecule has 488 valence electrons. The van der Waals surface area contributed by atoms with Gasteiger partial charge in [-0.05, 0) is 12.3 Å². The molecule has 6 N–H and O–H groups in total. The van der Waals surface area contributed by atoms with Gasteiger partial charge >= 0.3 is 135 Å². The molecule has 28 nitrogen and oxygen atoms in total. The molecule has 0 bridgehead atoms. The first-order valence-electron chi connectivity index (χ1n) is 29.4. The molecule has 5 amide bonds. The molecule has 0 fully saturated rings. The van der Waals surface area contributed by atoms with E-state index in [9.17, 15) is 28.8 Å². The number of carbonyl (C=O) groups excluding carboxylic acids is 6. The second-order valence-corrected chi connectivity index (χ2v) is 21.7. The maximum absolute atomic E-state index is 13.6. The molecule has 0 aliphatic rings. The molecule has 0 saturated heterocycles. The van der Waals surface area contributed by atoms with Gasteiger partial charge in [-0.3, -0.25) is 14.4 Å². The number of ketones is 2. The summed E-state index contributed by atoms with van der Waals surface area (Å²) in [5, 5.41) is 16.3. The van der Waals surface area contributed by atoms with Crippen molar-refractivity contribution >= 4 is 62.5 Å². The zero-order valence-corrected chi connectivity index (χ0v) is 52.5. The van der Waals surface area contributed by atoms with E-state index in [4.69, 9.17) is 72.6 Å². The minimum atomic E-state index is -2.26. The SMILES string of the molecule is [2H]I(CC)NC(=O)OCc1ccc(NC(=O)[C@H](CCCNC(N)=O)CC(=O)[C@@H](NC(=O)CCOCCOCCOCCOCCOCCOCCOCCOCCOCCOCCOCCOCCn2cc(CCC(=O)COC)nn2)C(C)C)cc1. The number of rotatable bonds is 59. The summed E-state index contributed by atoms with van der Waals surface area (Å²) < 4.78 is 89.1. The number of ether oxygens (including phenoxy) is 14. The summed E-state index contributed by atoms with van der Waals surface area (Å²) in [5.74, 6) is -2.10. The third-order valence-corrected chi connectivity index (χ3v) is 13.2. The Labute approximate surface area is 511 Å². The van der Waals surface area contributed by atoms with Crippen LogP contribution in [-0.2, 0) is 105 Å². The van der Waals surface area contributed by atoms with E-state index in [-0.39, 0.29) is 75.6 Å². The van der Waals surface area contributed by atoms with Crippen LogP contribution >= 0.6 is 21.3 Å². The van der Waals surface area contributed by atoms with Crippen molar-refractivity contribution in [2.24, 2.45) is 17.6 Å². The summed E-state index contributed by atoms with van der Waals surface area (Å²) in [7, 11) is 1.50. The second-order valence-electron chi connectivity index (χ2n) is 18.9. The van der Waals surface area contributed by atoms with Gasteiger partial charge < -0.3 is 77.9 Å². The van der Waals surface area contributed by atoms with Crippen molar-refractivity contribution in [2.45, 2.75) is 78.5 Å². The third-order valence-electron chi connectivity index (χ3n) is 11.6. The standard InChI is InChI=1S/C56H97IN8O20/c1-5-57-62-56(71)85-43-46-8-10-48(11-9-46)60-54(69)47(7-6-15-59-55(58)70)41-51(67)53(45(2)3)61-52(68)14-17-73-19-21-75-23-25-77-27-29-79-31-33-81-35-37-83-39-40-84-38-36-82-34-32-80-30-28-78-26-24-76-22-20-74-18-16-65-42-49(63-64-65)12-13-50(66)44-72-4/h8-11,42,45,47,53,57H,5-7,12-41,43-44H2,1-4H3,(H,60,69)(H,61,68)(H,62,71)(H3,58,59,70)/t47-,53+/m1/s1/i57D. The van der Waals surface area contributed by atoms with Gasteiger partial charge in [-0.1, -0.05) is 19.1 Å². The summed E-state index contributed by atoms with van der Waals surface area (Å²) in [5.41, 5.74) is 7.10. The van der Waals surface area contributed by atoms with Crippen molar-refractivity contribution in [1.82, 2.24) is 29.2 Å². The van der Waals surface area contributed by atoms with Crippen LogP contribution < -0.4 is 25.2 Å². The van der Waals surface area contributed by atoms with Crippen molar-refractivity contribution in [2.75, 3.05) is 189 Å². The topological polar surface area (TPSA) is 336 Å². The van der Waals surface area contributed by atoms with E-state index >= 15 is 0 Å². The van der Waals surface area contributed by atoms with Gasteiger partial charge in [0.05, 0.1) is 177 Å². The Kier molecular flexibility index (Phi) is 47.1. The van der Waals surface area contributed by atoms with Crippen LogP contribution in [0.3, 0.4) is 0 Å². The van der Waals surface area contributed by atoms with Crippen molar-refractivity contribution in [3.05, 3.63) is 41.7 Å². The fourth-order valence-corrected chi connectivity index (χ4v) is 8.10. The van der Waals surface area contributed by atoms with E-state index in [2.05, 4.69) is 29.8 Å². The van der Waals surface area contributed by atoms with E-state index in [1.807, 2.05) is 27.0 Å². The number of hydrogen-bond acceptors (Lipinski definition) is 22. The van der Waals surface area contributed by atoms with Crippen LogP contribution in [-0.4, -0.2) is 240 Å². The monoisotopic (exact) mass is 1330 g/mol. The molecule has 1 aromatic heterocycles. The number of nitrogens with one attached hydrogen (secondary N) is 4. The van der Waals surface area contributed by atoms with E-state index < -0.39 is 51.3 Å². The van der Waals surface area contributed by atoms with Crippen LogP contribution in [0.25, 0.3) is 0 Å². The Morgan fingerprint density at radius 1 is 0.659 bits per heavy atom. The van der Waals surface area contributed by atoms with Crippen molar-refractivity contribution < 1.29 is 95.1 Å². The number of primary amides is 1. The molecule has 0 aliphatic heterocycles. The van der Waals surface area contributed by atoms with Gasteiger partial charge in [-0.15, -0.1) is 5.10 Å². The number of alkyl halides is 1. The quantitative estimate of drug-likeness (QED) is 0.0275. The molecular formula is C56H97IN8O20. The predicted molar refractivity (Wildman–Crippen MR) is 321 cm³/mol. The van der Waals surface area contributed by atoms with Crippen LogP contribution in [0, 0.1) is 11.8 Å². The summed E-state index contributed by atoms with van der Waals surface area (Å²) in [6.07, 6.45) is 2.60. The number of amides is 5. The van der Waals surface area contributed by atoms with Gasteiger partial charge in [0.15, 0.2) is 11.6 Å². The average molecular weight is 1330 g/mol. The molecule has 0 radical (unpaired) electrons. The summed E-state index contributed by atoms with van der Waals surface area (Å²) in [4.78, 5) is 74.7. The number of carbonyl (C=O) groups is 6. The van der Waals surface area contributed by atoms with Gasteiger partial charge in [-0.2, -0.15) is 0 Å². The minimum absolute atomic E-state index is 0.00865. The fourth-order valence-electron chi connectivity index (χ4n) is 7.25. The molecule has 85 heavy (non-hydrogen) atoms. The third kappa shape index (κ3) is 44.5. The molecule has 2 rings (SSSR count). The Hall–Kier alpha value is -4.61. The molecule has 0 saturated carbocycles. The number of nitrogens with zero attached hydrogens (tertiary/aromatic N) is 3. The number of benzene rings is 1. The Balaban J connectivity index is 1.35. The van der Waals surface area contributed by atoms with E-state index in [0.717, 1.165) is 5.69 Å². The van der Waals surface area contributed by atoms with E-state index in [1.54, 1.807) is 28.9 Å². The molecule has 0 unspecified atom stereocenters. The van der Waals surface area contributed by atoms with Crippen molar-refractivity contribution in [3.8, 4) is 0 Å². The number of anilines is 1. The van der Waals surface area contributed by atoms with Gasteiger partial charge in [0.1, 0.15) is 6.61 Å². The number of hydrogen-bond donors (Lipinski definition) is 5. The number of Topliss-reactive ketones (excluding diaryl/α,β-unsaturated/α-hetero) is 2. The molecule has 1 heterocycles. The molecular weight excluding hydrogens is 1230 g/mol. The molecule has 0 spiro atoms. The van der Waals surface area contributed by atoms with E-state index in [0.29, 0.717) is 187 Å². The normalized spacial score (nSPS) is 12.4. The molecule has 29 heteroatoms. The number of aryl methyl sites for hydroxylation is 1. The van der Waals surface area contributed by atoms with Crippen molar-refractivity contribution in [3.63, 3.8) is 0 Å². The van der Waals surface area contributed by atoms with Crippen LogP contribution in [0.4, 0.5) is 15.3 Å². The van der Waals surface area contributed by atoms with Gasteiger partial charge in [-0.25, -0.2) is 9.48 Å². The summed E-state index contributed by atoms with van der Waals surface area (Å²) in [6.45, 7) is 16.2. The van der Waals surface area contributed by atoms with E-state index in [1.165, 1.54) is 7.11 Å². The summed E-state index contributed by atoms with van der Waals surface area (Å²) >= 11 is -2.26. The number of aromatic nitrogens is 3. The first kappa shape index (κ1) is 74.6. The van der Waals surface area contributed by atoms with Gasteiger partial charge in [0, 0.05) is 39.1 Å². The second kappa shape index (κ2) is 53.6. The van der Waals surface area contributed by atoms with Crippen LogP contribution in [0.2, 0.25) is 0 Å². The zero-order chi connectivity index (χ0) is 62.5. The first-order chi connectivity index (χ1) is 41.8. The van der Waals surface area contributed by atoms with Crippen molar-refractivity contribution in [1.29, 1.82) is 0.594 Å². The number of halogens is 1. The Morgan fingerprint density at radius 2 is 1.13 bits per heavy atom. The zero-order valence-electron chi connectivity index (χ0n) is 51.3. The molecule has 1 aromatic carbocycles. The number of nitrogens with two attached hydrogens (primary N) is 1.